The van der Waals surface area contributed by atoms with Crippen LogP contribution < -0.4 is 4.90 Å². The van der Waals surface area contributed by atoms with Crippen molar-refractivity contribution in [2.24, 2.45) is 0 Å². The number of rotatable bonds is 4. The summed E-state index contributed by atoms with van der Waals surface area (Å²) in [7, 11) is 0. The molecule has 1 aromatic rings. The Kier molecular flexibility index (Phi) is 4.55. The highest BCUT2D eigenvalue weighted by atomic mass is 16.5. The topological polar surface area (TPSA) is 46.6 Å². The van der Waals surface area contributed by atoms with Gasteiger partial charge < -0.3 is 9.64 Å². The van der Waals surface area contributed by atoms with Gasteiger partial charge in [0.2, 0.25) is 5.91 Å². The highest BCUT2D eigenvalue weighted by Crippen LogP contribution is 2.26. The Hall–Kier alpha value is -1.84. The third kappa shape index (κ3) is 3.34. The van der Waals surface area contributed by atoms with Crippen molar-refractivity contribution in [3.63, 3.8) is 0 Å². The van der Waals surface area contributed by atoms with Crippen LogP contribution >= 0.6 is 0 Å². The number of benzene rings is 1. The molecule has 0 saturated heterocycles. The SMILES string of the molecule is CCOC(=O)CCN1C(=O)CCCc2ccccc21. The molecule has 0 aliphatic carbocycles. The Bertz CT molecular complexity index is 470. The van der Waals surface area contributed by atoms with Crippen LogP contribution in [0.1, 0.15) is 31.7 Å². The van der Waals surface area contributed by atoms with Crippen molar-refractivity contribution in [1.82, 2.24) is 0 Å². The first-order chi connectivity index (χ1) is 9.22. The summed E-state index contributed by atoms with van der Waals surface area (Å²) >= 11 is 0. The molecule has 0 saturated carbocycles. The minimum absolute atomic E-state index is 0.0919. The smallest absolute Gasteiger partial charge is 0.307 e. The molecular formula is C15H19NO3. The predicted molar refractivity (Wildman–Crippen MR) is 73.0 cm³/mol. The fourth-order valence-electron chi connectivity index (χ4n) is 2.37. The number of para-hydroxylation sites is 1. The summed E-state index contributed by atoms with van der Waals surface area (Å²) in [5.41, 5.74) is 2.12. The van der Waals surface area contributed by atoms with E-state index >= 15 is 0 Å². The number of amides is 1. The van der Waals surface area contributed by atoms with Crippen molar-refractivity contribution < 1.29 is 14.3 Å². The summed E-state index contributed by atoms with van der Waals surface area (Å²) < 4.78 is 4.91. The van der Waals surface area contributed by atoms with E-state index in [1.54, 1.807) is 11.8 Å². The summed E-state index contributed by atoms with van der Waals surface area (Å²) in [6.07, 6.45) is 2.56. The van der Waals surface area contributed by atoms with E-state index in [2.05, 4.69) is 0 Å². The zero-order valence-corrected chi connectivity index (χ0v) is 11.2. The minimum atomic E-state index is -0.253. The quantitative estimate of drug-likeness (QED) is 0.781. The Morgan fingerprint density at radius 3 is 2.89 bits per heavy atom. The Morgan fingerprint density at radius 1 is 1.32 bits per heavy atom. The van der Waals surface area contributed by atoms with Gasteiger partial charge in [-0.2, -0.15) is 0 Å². The molecule has 1 aliphatic heterocycles. The first-order valence-corrected chi connectivity index (χ1v) is 6.76. The van der Waals surface area contributed by atoms with Gasteiger partial charge in [-0.15, -0.1) is 0 Å². The van der Waals surface area contributed by atoms with E-state index in [-0.39, 0.29) is 18.3 Å². The van der Waals surface area contributed by atoms with E-state index in [1.165, 1.54) is 5.56 Å². The normalized spacial score (nSPS) is 14.8. The fraction of sp³-hybridized carbons (Fsp3) is 0.467. The largest absolute Gasteiger partial charge is 0.466 e. The third-order valence-electron chi connectivity index (χ3n) is 3.27. The van der Waals surface area contributed by atoms with Gasteiger partial charge in [-0.25, -0.2) is 0 Å². The zero-order valence-electron chi connectivity index (χ0n) is 11.2. The molecule has 1 aromatic carbocycles. The van der Waals surface area contributed by atoms with Crippen molar-refractivity contribution in [2.75, 3.05) is 18.1 Å². The van der Waals surface area contributed by atoms with E-state index in [0.717, 1.165) is 18.5 Å². The Morgan fingerprint density at radius 2 is 2.11 bits per heavy atom. The summed E-state index contributed by atoms with van der Waals surface area (Å²) in [4.78, 5) is 25.3. The van der Waals surface area contributed by atoms with Gasteiger partial charge in [0, 0.05) is 18.7 Å². The summed E-state index contributed by atoms with van der Waals surface area (Å²) in [6.45, 7) is 2.56. The Labute approximate surface area is 113 Å². The number of hydrogen-bond donors (Lipinski definition) is 0. The maximum Gasteiger partial charge on any atom is 0.307 e. The van der Waals surface area contributed by atoms with E-state index < -0.39 is 0 Å². The van der Waals surface area contributed by atoms with Crippen molar-refractivity contribution >= 4 is 17.6 Å². The molecule has 0 N–H and O–H groups in total. The second-order valence-corrected chi connectivity index (χ2v) is 4.58. The lowest BCUT2D eigenvalue weighted by Gasteiger charge is -2.22. The predicted octanol–water partition coefficient (Wildman–Crippen LogP) is 2.31. The minimum Gasteiger partial charge on any atom is -0.466 e. The van der Waals surface area contributed by atoms with Gasteiger partial charge in [0.1, 0.15) is 0 Å². The van der Waals surface area contributed by atoms with Gasteiger partial charge in [-0.05, 0) is 31.4 Å². The van der Waals surface area contributed by atoms with E-state index in [9.17, 15) is 9.59 Å². The first-order valence-electron chi connectivity index (χ1n) is 6.76. The van der Waals surface area contributed by atoms with E-state index in [0.29, 0.717) is 19.6 Å². The molecule has 1 amide bonds. The van der Waals surface area contributed by atoms with Crippen LogP contribution in [-0.2, 0) is 20.7 Å². The first kappa shape index (κ1) is 13.6. The second kappa shape index (κ2) is 6.36. The number of aryl methyl sites for hydroxylation is 1. The summed E-state index contributed by atoms with van der Waals surface area (Å²) in [5.74, 6) is -0.161. The molecule has 0 unspecified atom stereocenters. The lowest BCUT2D eigenvalue weighted by Crippen LogP contribution is -2.32. The average Bonchev–Trinajstić information content (AvgIpc) is 2.55. The van der Waals surface area contributed by atoms with Crippen LogP contribution in [0.15, 0.2) is 24.3 Å². The lowest BCUT2D eigenvalue weighted by molar-refractivity contribution is -0.142. The van der Waals surface area contributed by atoms with Gasteiger partial charge in [-0.3, -0.25) is 9.59 Å². The molecule has 0 radical (unpaired) electrons. The molecule has 2 rings (SSSR count). The summed E-state index contributed by atoms with van der Waals surface area (Å²) in [6, 6.07) is 7.90. The van der Waals surface area contributed by atoms with Gasteiger partial charge >= 0.3 is 5.97 Å². The summed E-state index contributed by atoms with van der Waals surface area (Å²) in [5, 5.41) is 0. The third-order valence-corrected chi connectivity index (χ3v) is 3.27. The molecule has 0 spiro atoms. The van der Waals surface area contributed by atoms with Crippen LogP contribution in [0.5, 0.6) is 0 Å². The standard InChI is InChI=1S/C15H19NO3/c1-2-19-15(18)10-11-16-13-8-4-3-6-12(13)7-5-9-14(16)17/h3-4,6,8H,2,5,7,9-11H2,1H3. The van der Waals surface area contributed by atoms with Crippen LogP contribution in [0.25, 0.3) is 0 Å². The van der Waals surface area contributed by atoms with Crippen molar-refractivity contribution in [3.05, 3.63) is 29.8 Å². The highest BCUT2D eigenvalue weighted by Gasteiger charge is 2.22. The molecule has 1 heterocycles. The van der Waals surface area contributed by atoms with Crippen LogP contribution in [-0.4, -0.2) is 25.0 Å². The lowest BCUT2D eigenvalue weighted by atomic mass is 10.1. The van der Waals surface area contributed by atoms with Gasteiger partial charge in [0.15, 0.2) is 0 Å². The van der Waals surface area contributed by atoms with E-state index in [4.69, 9.17) is 4.74 Å². The second-order valence-electron chi connectivity index (χ2n) is 4.58. The van der Waals surface area contributed by atoms with Crippen molar-refractivity contribution in [3.8, 4) is 0 Å². The fourth-order valence-corrected chi connectivity index (χ4v) is 2.37. The molecule has 0 fully saturated rings. The number of nitrogens with zero attached hydrogens (tertiary/aromatic N) is 1. The van der Waals surface area contributed by atoms with Gasteiger partial charge in [-0.1, -0.05) is 18.2 Å². The highest BCUT2D eigenvalue weighted by molar-refractivity contribution is 5.95. The number of ether oxygens (including phenoxy) is 1. The number of carbonyl (C=O) groups is 2. The average molecular weight is 261 g/mol. The maximum absolute atomic E-state index is 12.1. The molecule has 0 atom stereocenters. The van der Waals surface area contributed by atoms with Crippen LogP contribution in [0.3, 0.4) is 0 Å². The maximum atomic E-state index is 12.1. The van der Waals surface area contributed by atoms with E-state index in [1.807, 2.05) is 24.3 Å². The van der Waals surface area contributed by atoms with Gasteiger partial charge in [0.05, 0.1) is 13.0 Å². The molecule has 1 aliphatic rings. The van der Waals surface area contributed by atoms with Crippen LogP contribution in [0.4, 0.5) is 5.69 Å². The Balaban J connectivity index is 2.12. The monoisotopic (exact) mass is 261 g/mol. The van der Waals surface area contributed by atoms with Crippen molar-refractivity contribution in [2.45, 2.75) is 32.6 Å². The number of esters is 1. The molecule has 0 aromatic heterocycles. The molecule has 0 bridgehead atoms. The van der Waals surface area contributed by atoms with Gasteiger partial charge in [0.25, 0.3) is 0 Å². The van der Waals surface area contributed by atoms with Crippen molar-refractivity contribution in [1.29, 1.82) is 0 Å². The molecular weight excluding hydrogens is 242 g/mol. The molecule has 19 heavy (non-hydrogen) atoms. The van der Waals surface area contributed by atoms with Crippen LogP contribution in [0.2, 0.25) is 0 Å². The number of anilines is 1. The van der Waals surface area contributed by atoms with Crippen LogP contribution in [0, 0.1) is 0 Å². The number of fused-ring (bicyclic) bond motifs is 1. The molecule has 4 heteroatoms. The zero-order chi connectivity index (χ0) is 13.7. The number of carbonyl (C=O) groups excluding carboxylic acids is 2. The molecule has 4 nitrogen and oxygen atoms in total. The molecule has 102 valence electrons. The number of hydrogen-bond acceptors (Lipinski definition) is 3.